The summed E-state index contributed by atoms with van der Waals surface area (Å²) in [4.78, 5) is 0. The second kappa shape index (κ2) is 2.45. The minimum absolute atomic E-state index is 1.13. The molecule has 2 aliphatic carbocycles. The van der Waals surface area contributed by atoms with Gasteiger partial charge in [-0.25, -0.2) is 0 Å². The van der Waals surface area contributed by atoms with E-state index in [1.165, 1.54) is 24.0 Å². The number of hydrogen-bond acceptors (Lipinski definition) is 0. The molecule has 0 aromatic rings. The summed E-state index contributed by atoms with van der Waals surface area (Å²) in [6.07, 6.45) is 15.0. The number of rotatable bonds is 0. The third kappa shape index (κ3) is 0.942. The third-order valence-electron chi connectivity index (χ3n) is 2.07. The van der Waals surface area contributed by atoms with E-state index >= 15 is 0 Å². The van der Waals surface area contributed by atoms with E-state index in [2.05, 4.69) is 24.3 Å². The minimum Gasteiger partial charge on any atom is -0.0801 e. The summed E-state index contributed by atoms with van der Waals surface area (Å²) in [5.41, 5.74) is 2.88. The first-order valence-corrected chi connectivity index (χ1v) is 3.93. The van der Waals surface area contributed by atoms with Crippen LogP contribution in [-0.4, -0.2) is 0 Å². The Morgan fingerprint density at radius 1 is 1.40 bits per heavy atom. The summed E-state index contributed by atoms with van der Waals surface area (Å²) in [5.74, 6) is 0. The van der Waals surface area contributed by atoms with Crippen molar-refractivity contribution in [3.05, 3.63) is 35.5 Å². The molecule has 0 saturated carbocycles. The smallest absolute Gasteiger partial charge is 0.0160 e. The second-order valence-electron chi connectivity index (χ2n) is 2.81. The zero-order valence-corrected chi connectivity index (χ0v) is 6.06. The fraction of sp³-hybridized carbons (Fsp3) is 0.400. The summed E-state index contributed by atoms with van der Waals surface area (Å²) in [7, 11) is 0. The second-order valence-corrected chi connectivity index (χ2v) is 2.81. The van der Waals surface area contributed by atoms with E-state index in [4.69, 9.17) is 0 Å². The van der Waals surface area contributed by atoms with Gasteiger partial charge in [-0.15, -0.1) is 0 Å². The Morgan fingerprint density at radius 2 is 2.40 bits per heavy atom. The Morgan fingerprint density at radius 3 is 3.30 bits per heavy atom. The molecule has 0 N–H and O–H groups in total. The largest absolute Gasteiger partial charge is 0.0801 e. The van der Waals surface area contributed by atoms with E-state index in [1.54, 1.807) is 0 Å². The van der Waals surface area contributed by atoms with Crippen LogP contribution in [0.25, 0.3) is 0 Å². The Labute approximate surface area is 61.9 Å². The summed E-state index contributed by atoms with van der Waals surface area (Å²) in [6, 6.07) is 0. The van der Waals surface area contributed by atoms with Crippen LogP contribution in [0.4, 0.5) is 0 Å². The van der Waals surface area contributed by atoms with Gasteiger partial charge in [0.05, 0.1) is 0 Å². The van der Waals surface area contributed by atoms with Crippen LogP contribution in [0.1, 0.15) is 25.7 Å². The molecule has 0 heteroatoms. The quantitative estimate of drug-likeness (QED) is 0.474. The normalized spacial score (nSPS) is 23.2. The van der Waals surface area contributed by atoms with Gasteiger partial charge in [-0.2, -0.15) is 0 Å². The molecule has 0 fully saturated rings. The molecule has 0 bridgehead atoms. The lowest BCUT2D eigenvalue weighted by Crippen LogP contribution is -1.97. The van der Waals surface area contributed by atoms with Crippen LogP contribution < -0.4 is 0 Å². The SMILES string of the molecule is [C]1=C2C=CCC=C2CCC1. The van der Waals surface area contributed by atoms with E-state index in [0.717, 1.165) is 12.8 Å². The van der Waals surface area contributed by atoms with Crippen molar-refractivity contribution in [1.82, 2.24) is 0 Å². The van der Waals surface area contributed by atoms with Crippen LogP contribution in [0.2, 0.25) is 0 Å². The van der Waals surface area contributed by atoms with Crippen molar-refractivity contribution in [2.24, 2.45) is 0 Å². The highest BCUT2D eigenvalue weighted by molar-refractivity contribution is 5.42. The lowest BCUT2D eigenvalue weighted by molar-refractivity contribution is 0.787. The predicted octanol–water partition coefficient (Wildman–Crippen LogP) is 2.79. The van der Waals surface area contributed by atoms with E-state index in [1.807, 2.05) is 0 Å². The van der Waals surface area contributed by atoms with Crippen LogP contribution in [0, 0.1) is 6.08 Å². The van der Waals surface area contributed by atoms with E-state index in [9.17, 15) is 0 Å². The average Bonchev–Trinajstić information content (AvgIpc) is 2.05. The van der Waals surface area contributed by atoms with E-state index < -0.39 is 0 Å². The summed E-state index contributed by atoms with van der Waals surface area (Å²) in [6.45, 7) is 0. The Hall–Kier alpha value is -0.780. The van der Waals surface area contributed by atoms with Gasteiger partial charge in [-0.1, -0.05) is 18.2 Å². The molecule has 0 unspecified atom stereocenters. The van der Waals surface area contributed by atoms with Crippen molar-refractivity contribution in [2.45, 2.75) is 25.7 Å². The van der Waals surface area contributed by atoms with Crippen molar-refractivity contribution >= 4 is 0 Å². The zero-order chi connectivity index (χ0) is 6.81. The molecule has 1 radical (unpaired) electrons. The molecular formula is C10H11. The topological polar surface area (TPSA) is 0 Å². The zero-order valence-electron chi connectivity index (χ0n) is 6.06. The third-order valence-corrected chi connectivity index (χ3v) is 2.07. The Kier molecular flexibility index (Phi) is 1.46. The number of hydrogen-bond donors (Lipinski definition) is 0. The van der Waals surface area contributed by atoms with Gasteiger partial charge in [-0.3, -0.25) is 0 Å². The van der Waals surface area contributed by atoms with Crippen molar-refractivity contribution in [3.8, 4) is 0 Å². The molecular weight excluding hydrogens is 120 g/mol. The van der Waals surface area contributed by atoms with Gasteiger partial charge in [0, 0.05) is 0 Å². The van der Waals surface area contributed by atoms with E-state index in [0.29, 0.717) is 0 Å². The molecule has 0 heterocycles. The maximum Gasteiger partial charge on any atom is -0.0160 e. The lowest BCUT2D eigenvalue weighted by atomic mass is 9.90. The maximum absolute atomic E-state index is 3.38. The van der Waals surface area contributed by atoms with Crippen molar-refractivity contribution < 1.29 is 0 Å². The highest BCUT2D eigenvalue weighted by Crippen LogP contribution is 2.27. The molecule has 0 atom stereocenters. The summed E-state index contributed by atoms with van der Waals surface area (Å²) in [5, 5.41) is 0. The molecule has 2 aliphatic rings. The minimum atomic E-state index is 1.13. The molecule has 0 nitrogen and oxygen atoms in total. The van der Waals surface area contributed by atoms with Crippen LogP contribution in [0.15, 0.2) is 29.4 Å². The lowest BCUT2D eigenvalue weighted by Gasteiger charge is -2.15. The van der Waals surface area contributed by atoms with Crippen molar-refractivity contribution in [1.29, 1.82) is 0 Å². The molecule has 0 saturated heterocycles. The molecule has 0 aliphatic heterocycles. The van der Waals surface area contributed by atoms with Gasteiger partial charge in [0.1, 0.15) is 0 Å². The van der Waals surface area contributed by atoms with Gasteiger partial charge >= 0.3 is 0 Å². The van der Waals surface area contributed by atoms with Gasteiger partial charge in [-0.05, 0) is 42.9 Å². The molecule has 0 spiro atoms. The first-order valence-electron chi connectivity index (χ1n) is 3.93. The van der Waals surface area contributed by atoms with Crippen LogP contribution in [0.5, 0.6) is 0 Å². The van der Waals surface area contributed by atoms with E-state index in [-0.39, 0.29) is 0 Å². The molecule has 10 heavy (non-hydrogen) atoms. The van der Waals surface area contributed by atoms with Gasteiger partial charge in [0.25, 0.3) is 0 Å². The molecule has 0 aromatic carbocycles. The van der Waals surface area contributed by atoms with Crippen LogP contribution in [0.3, 0.4) is 0 Å². The Balaban J connectivity index is 2.32. The summed E-state index contributed by atoms with van der Waals surface area (Å²) < 4.78 is 0. The van der Waals surface area contributed by atoms with Gasteiger partial charge < -0.3 is 0 Å². The highest BCUT2D eigenvalue weighted by atomic mass is 14.1. The monoisotopic (exact) mass is 131 g/mol. The fourth-order valence-corrected chi connectivity index (χ4v) is 1.52. The molecule has 2 rings (SSSR count). The molecule has 0 aromatic heterocycles. The van der Waals surface area contributed by atoms with Crippen LogP contribution >= 0.6 is 0 Å². The highest BCUT2D eigenvalue weighted by Gasteiger charge is 2.08. The van der Waals surface area contributed by atoms with Crippen molar-refractivity contribution in [3.63, 3.8) is 0 Å². The first-order chi connectivity index (χ1) is 4.97. The number of allylic oxidation sites excluding steroid dienone is 6. The fourth-order valence-electron chi connectivity index (χ4n) is 1.52. The van der Waals surface area contributed by atoms with Crippen molar-refractivity contribution in [2.75, 3.05) is 0 Å². The molecule has 51 valence electrons. The maximum atomic E-state index is 3.38. The Bertz CT molecular complexity index is 216. The van der Waals surface area contributed by atoms with Gasteiger partial charge in [0.15, 0.2) is 0 Å². The molecule has 0 amide bonds. The predicted molar refractivity (Wildman–Crippen MR) is 42.4 cm³/mol. The van der Waals surface area contributed by atoms with Gasteiger partial charge in [0.2, 0.25) is 0 Å². The van der Waals surface area contributed by atoms with Crippen LogP contribution in [-0.2, 0) is 0 Å². The summed E-state index contributed by atoms with van der Waals surface area (Å²) >= 11 is 0. The first kappa shape index (κ1) is 5.96. The average molecular weight is 131 g/mol. The standard InChI is InChI=1S/C10H11/c1-2-6-10-8-4-3-7-9(10)5-1/h1,5-6H,2-4,8H2. The number of fused-ring (bicyclic) bond motifs is 1.